The van der Waals surface area contributed by atoms with E-state index in [1.165, 1.54) is 23.5 Å². The van der Waals surface area contributed by atoms with E-state index in [0.717, 1.165) is 34.7 Å². The second-order valence-corrected chi connectivity index (χ2v) is 9.35. The summed E-state index contributed by atoms with van der Waals surface area (Å²) in [5.41, 5.74) is 0.848. The van der Waals surface area contributed by atoms with Gasteiger partial charge in [0.05, 0.1) is 10.2 Å². The Labute approximate surface area is 202 Å². The first-order chi connectivity index (χ1) is 14.5. The second kappa shape index (κ2) is 12.6. The van der Waals surface area contributed by atoms with Gasteiger partial charge in [-0.25, -0.2) is 9.37 Å². The first-order valence-corrected chi connectivity index (χ1v) is 12.1. The van der Waals surface area contributed by atoms with Gasteiger partial charge in [0.15, 0.2) is 5.13 Å². The Bertz CT molecular complexity index is 981. The molecule has 168 valence electrons. The first-order valence-electron chi connectivity index (χ1n) is 9.97. The quantitative estimate of drug-likeness (QED) is 0.302. The highest BCUT2D eigenvalue weighted by molar-refractivity contribution is 7.99. The third-order valence-electron chi connectivity index (χ3n) is 4.80. The van der Waals surface area contributed by atoms with Gasteiger partial charge in [0.2, 0.25) is 5.91 Å². The second-order valence-electron chi connectivity index (χ2n) is 6.73. The Morgan fingerprint density at radius 3 is 2.52 bits per heavy atom. The summed E-state index contributed by atoms with van der Waals surface area (Å²) in [4.78, 5) is 22.8. The molecule has 4 nitrogen and oxygen atoms in total. The van der Waals surface area contributed by atoms with E-state index < -0.39 is 0 Å². The monoisotopic (exact) mass is 501 g/mol. The molecule has 0 atom stereocenters. The number of rotatable bonds is 10. The fraction of sp³-hybridized carbons (Fsp3) is 0.364. The predicted octanol–water partition coefficient (Wildman–Crippen LogP) is 6.37. The molecule has 0 unspecified atom stereocenters. The van der Waals surface area contributed by atoms with Crippen molar-refractivity contribution >= 4 is 68.4 Å². The molecule has 2 aromatic carbocycles. The Hall–Kier alpha value is -1.38. The number of carbonyl (C=O) groups excluding carboxylic acids is 1. The van der Waals surface area contributed by atoms with E-state index in [0.29, 0.717) is 28.9 Å². The molecule has 1 heterocycles. The summed E-state index contributed by atoms with van der Waals surface area (Å²) in [6.07, 6.45) is 0.386. The molecule has 3 aromatic rings. The van der Waals surface area contributed by atoms with Crippen LogP contribution in [0.3, 0.4) is 0 Å². The van der Waals surface area contributed by atoms with Crippen LogP contribution < -0.4 is 4.90 Å². The van der Waals surface area contributed by atoms with Gasteiger partial charge >= 0.3 is 0 Å². The molecule has 0 saturated carbocycles. The van der Waals surface area contributed by atoms with Gasteiger partial charge < -0.3 is 4.90 Å². The number of amides is 1. The van der Waals surface area contributed by atoms with Crippen LogP contribution in [0.5, 0.6) is 0 Å². The summed E-state index contributed by atoms with van der Waals surface area (Å²) in [5.74, 6) is 0.416. The Morgan fingerprint density at radius 2 is 1.84 bits per heavy atom. The van der Waals surface area contributed by atoms with Gasteiger partial charge in [0.1, 0.15) is 5.82 Å². The molecule has 1 amide bonds. The van der Waals surface area contributed by atoms with Gasteiger partial charge in [0.25, 0.3) is 0 Å². The molecule has 0 aliphatic rings. The van der Waals surface area contributed by atoms with E-state index in [4.69, 9.17) is 11.6 Å². The van der Waals surface area contributed by atoms with Crippen molar-refractivity contribution in [1.29, 1.82) is 0 Å². The molecule has 0 fully saturated rings. The molecule has 0 saturated heterocycles. The van der Waals surface area contributed by atoms with E-state index in [1.54, 1.807) is 28.8 Å². The molecule has 31 heavy (non-hydrogen) atoms. The molecule has 9 heteroatoms. The number of benzene rings is 2. The average molecular weight is 503 g/mol. The van der Waals surface area contributed by atoms with Crippen molar-refractivity contribution in [2.45, 2.75) is 25.2 Å². The van der Waals surface area contributed by atoms with Crippen molar-refractivity contribution in [2.24, 2.45) is 0 Å². The van der Waals surface area contributed by atoms with Gasteiger partial charge in [-0.2, -0.15) is 0 Å². The summed E-state index contributed by atoms with van der Waals surface area (Å²) in [6.45, 7) is 7.50. The smallest absolute Gasteiger partial charge is 0.229 e. The minimum Gasteiger partial charge on any atom is -0.302 e. The van der Waals surface area contributed by atoms with E-state index in [2.05, 4.69) is 23.7 Å². The van der Waals surface area contributed by atoms with E-state index in [1.807, 2.05) is 18.2 Å². The number of carbonyl (C=O) groups is 1. The third kappa shape index (κ3) is 7.32. The molecule has 1 aromatic heterocycles. The summed E-state index contributed by atoms with van der Waals surface area (Å²) in [7, 11) is 0. The normalized spacial score (nSPS) is 11.0. The average Bonchev–Trinajstić information content (AvgIpc) is 3.15. The number of thiazole rings is 1. The van der Waals surface area contributed by atoms with E-state index >= 15 is 0 Å². The standard InChI is InChI=1S/C22H25ClFN3OS2.ClH/c1-3-26(4-2)12-13-27(22-25-19-10-5-16(23)15-20(19)30-22)21(28)11-14-29-18-8-6-17(24)7-9-18;/h5-10,15H,3-4,11-14H2,1-2H3;1H. The number of fused-ring (bicyclic) bond motifs is 1. The topological polar surface area (TPSA) is 36.4 Å². The minimum atomic E-state index is -0.256. The zero-order valence-electron chi connectivity index (χ0n) is 17.5. The fourth-order valence-electron chi connectivity index (χ4n) is 3.03. The molecule has 3 rings (SSSR count). The van der Waals surface area contributed by atoms with E-state index in [-0.39, 0.29) is 24.1 Å². The van der Waals surface area contributed by atoms with Crippen molar-refractivity contribution < 1.29 is 9.18 Å². The molecular weight excluding hydrogens is 476 g/mol. The number of likely N-dealkylation sites (N-methyl/N-ethyl adjacent to an activating group) is 1. The van der Waals surface area contributed by atoms with Crippen molar-refractivity contribution in [3.05, 3.63) is 53.3 Å². The lowest BCUT2D eigenvalue weighted by atomic mass is 10.3. The highest BCUT2D eigenvalue weighted by atomic mass is 35.5. The largest absolute Gasteiger partial charge is 0.302 e. The van der Waals surface area contributed by atoms with Gasteiger partial charge in [-0.15, -0.1) is 24.2 Å². The predicted molar refractivity (Wildman–Crippen MR) is 134 cm³/mol. The summed E-state index contributed by atoms with van der Waals surface area (Å²) in [5, 5.41) is 1.37. The maximum Gasteiger partial charge on any atom is 0.229 e. The van der Waals surface area contributed by atoms with E-state index in [9.17, 15) is 9.18 Å². The lowest BCUT2D eigenvalue weighted by molar-refractivity contribution is -0.118. The van der Waals surface area contributed by atoms with Crippen LogP contribution in [-0.2, 0) is 4.79 Å². The lowest BCUT2D eigenvalue weighted by Gasteiger charge is -2.24. The van der Waals surface area contributed by atoms with Crippen LogP contribution in [0, 0.1) is 5.82 Å². The molecule has 0 spiro atoms. The van der Waals surface area contributed by atoms with Crippen LogP contribution in [0.25, 0.3) is 10.2 Å². The maximum atomic E-state index is 13.1. The number of anilines is 1. The van der Waals surface area contributed by atoms with Gasteiger partial charge in [0, 0.05) is 35.2 Å². The zero-order chi connectivity index (χ0) is 21.5. The molecule has 0 aliphatic heterocycles. The summed E-state index contributed by atoms with van der Waals surface area (Å²) in [6, 6.07) is 11.9. The van der Waals surface area contributed by atoms with Crippen LogP contribution in [0.2, 0.25) is 5.02 Å². The number of nitrogens with zero attached hydrogens (tertiary/aromatic N) is 3. The molecule has 0 bridgehead atoms. The highest BCUT2D eigenvalue weighted by Crippen LogP contribution is 2.31. The summed E-state index contributed by atoms with van der Waals surface area (Å²) < 4.78 is 14.0. The number of hydrogen-bond donors (Lipinski definition) is 0. The maximum absolute atomic E-state index is 13.1. The number of aromatic nitrogens is 1. The van der Waals surface area contributed by atoms with Crippen molar-refractivity contribution in [1.82, 2.24) is 9.88 Å². The van der Waals surface area contributed by atoms with Crippen molar-refractivity contribution in [2.75, 3.05) is 36.8 Å². The van der Waals surface area contributed by atoms with Crippen LogP contribution in [0.15, 0.2) is 47.4 Å². The van der Waals surface area contributed by atoms with Crippen molar-refractivity contribution in [3.63, 3.8) is 0 Å². The zero-order valence-corrected chi connectivity index (χ0v) is 20.7. The Kier molecular flexibility index (Phi) is 10.5. The van der Waals surface area contributed by atoms with Gasteiger partial charge in [-0.1, -0.05) is 36.8 Å². The van der Waals surface area contributed by atoms with Crippen LogP contribution in [-0.4, -0.2) is 47.7 Å². The molecular formula is C22H26Cl2FN3OS2. The highest BCUT2D eigenvalue weighted by Gasteiger charge is 2.20. The number of thioether (sulfide) groups is 1. The third-order valence-corrected chi connectivity index (χ3v) is 7.09. The minimum absolute atomic E-state index is 0. The van der Waals surface area contributed by atoms with Gasteiger partial charge in [-0.05, 0) is 55.6 Å². The molecule has 0 N–H and O–H groups in total. The SMILES string of the molecule is CCN(CC)CCN(C(=O)CCSc1ccc(F)cc1)c1nc2ccc(Cl)cc2s1.Cl. The molecule has 0 radical (unpaired) electrons. The van der Waals surface area contributed by atoms with Gasteiger partial charge in [-0.3, -0.25) is 9.69 Å². The van der Waals surface area contributed by atoms with Crippen LogP contribution >= 0.6 is 47.1 Å². The lowest BCUT2D eigenvalue weighted by Crippen LogP contribution is -2.39. The number of hydrogen-bond acceptors (Lipinski definition) is 5. The Balaban J connectivity index is 0.00000341. The summed E-state index contributed by atoms with van der Waals surface area (Å²) >= 11 is 9.15. The molecule has 0 aliphatic carbocycles. The van der Waals surface area contributed by atoms with Crippen LogP contribution in [0.1, 0.15) is 20.3 Å². The van der Waals surface area contributed by atoms with Crippen LogP contribution in [0.4, 0.5) is 9.52 Å². The number of halogens is 3. The first kappa shape index (κ1) is 25.9. The van der Waals surface area contributed by atoms with Crippen molar-refractivity contribution in [3.8, 4) is 0 Å². The fourth-order valence-corrected chi connectivity index (χ4v) is 5.16. The Morgan fingerprint density at radius 1 is 1.13 bits per heavy atom.